The average Bonchev–Trinajstić information content (AvgIpc) is 3.25. The van der Waals surface area contributed by atoms with E-state index in [1.165, 1.54) is 10.5 Å². The summed E-state index contributed by atoms with van der Waals surface area (Å²) in [4.78, 5) is 34.2. The summed E-state index contributed by atoms with van der Waals surface area (Å²) in [7, 11) is 1.67. The Balaban J connectivity index is 1.45. The summed E-state index contributed by atoms with van der Waals surface area (Å²) in [6.45, 7) is 6.11. The maximum atomic E-state index is 12.9. The van der Waals surface area contributed by atoms with Gasteiger partial charge in [0.15, 0.2) is 5.58 Å². The molecule has 2 aromatic carbocycles. The first kappa shape index (κ1) is 24.9. The maximum Gasteiger partial charge on any atom is 0.303 e. The topological polar surface area (TPSA) is 109 Å². The Kier molecular flexibility index (Phi) is 7.33. The molecule has 1 atom stereocenters. The molecular weight excluding hydrogens is 456 g/mol. The summed E-state index contributed by atoms with van der Waals surface area (Å²) in [5, 5.41) is 12.3. The number of carboxylic acid groups (broad SMARTS) is 1. The normalized spacial score (nSPS) is 12.0. The summed E-state index contributed by atoms with van der Waals surface area (Å²) in [6.07, 6.45) is 1.82. The van der Waals surface area contributed by atoms with Gasteiger partial charge in [0, 0.05) is 18.9 Å². The number of benzene rings is 2. The number of carbonyl (C=O) groups is 2. The Hall–Kier alpha value is -4.20. The fraction of sp³-hybridized carbons (Fsp3) is 0.286. The van der Waals surface area contributed by atoms with Crippen LogP contribution in [0, 0.1) is 0 Å². The van der Waals surface area contributed by atoms with Crippen molar-refractivity contribution in [1.82, 2.24) is 9.97 Å². The van der Waals surface area contributed by atoms with Gasteiger partial charge in [0.05, 0.1) is 12.8 Å². The molecule has 186 valence electrons. The van der Waals surface area contributed by atoms with Crippen molar-refractivity contribution in [2.45, 2.75) is 45.4 Å². The molecule has 0 saturated carbocycles. The van der Waals surface area contributed by atoms with Crippen molar-refractivity contribution in [2.24, 2.45) is 0 Å². The monoisotopic (exact) mass is 486 g/mol. The van der Waals surface area contributed by atoms with E-state index in [2.05, 4.69) is 35.2 Å². The molecule has 0 fully saturated rings. The van der Waals surface area contributed by atoms with Crippen LogP contribution in [0.2, 0.25) is 0 Å². The lowest BCUT2D eigenvalue weighted by molar-refractivity contribution is -0.137. The zero-order valence-electron chi connectivity index (χ0n) is 20.9. The minimum atomic E-state index is -0.856. The number of carbonyl (C=O) groups excluding carboxylic acids is 1. The number of oxazole rings is 1. The van der Waals surface area contributed by atoms with Crippen molar-refractivity contribution in [1.29, 1.82) is 0 Å². The van der Waals surface area contributed by atoms with Crippen LogP contribution < -0.4 is 10.2 Å². The van der Waals surface area contributed by atoms with E-state index in [9.17, 15) is 9.59 Å². The van der Waals surface area contributed by atoms with Crippen LogP contribution in [0.15, 0.2) is 65.2 Å². The molecule has 8 heteroatoms. The van der Waals surface area contributed by atoms with E-state index in [-0.39, 0.29) is 24.7 Å². The van der Waals surface area contributed by atoms with Crippen LogP contribution in [0.4, 0.5) is 17.5 Å². The van der Waals surface area contributed by atoms with Crippen LogP contribution in [0.25, 0.3) is 11.1 Å². The van der Waals surface area contributed by atoms with Crippen LogP contribution in [-0.4, -0.2) is 34.0 Å². The fourth-order valence-corrected chi connectivity index (χ4v) is 4.05. The zero-order valence-corrected chi connectivity index (χ0v) is 20.9. The fourth-order valence-electron chi connectivity index (χ4n) is 4.05. The average molecular weight is 487 g/mol. The van der Waals surface area contributed by atoms with Crippen LogP contribution in [0.3, 0.4) is 0 Å². The van der Waals surface area contributed by atoms with E-state index >= 15 is 0 Å². The standard InChI is InChI=1S/C28H30N4O4/c1-17(2)21-7-5-6-8-22(21)30-28-31-23-11-9-19(14-24(23)36-28)15-26(33)32(4)25-12-10-20(16-29-25)18(3)13-27(34)35/h5-12,14,16-18H,13,15H2,1-4H3,(H,30,31)(H,34,35). The minimum Gasteiger partial charge on any atom is -0.481 e. The number of nitrogens with one attached hydrogen (secondary N) is 1. The first-order valence-corrected chi connectivity index (χ1v) is 11.9. The van der Waals surface area contributed by atoms with Crippen LogP contribution in [-0.2, 0) is 16.0 Å². The van der Waals surface area contributed by atoms with E-state index < -0.39 is 5.97 Å². The second kappa shape index (κ2) is 10.6. The first-order valence-electron chi connectivity index (χ1n) is 11.9. The number of aliphatic carboxylic acids is 1. The molecule has 0 aliphatic heterocycles. The molecule has 8 nitrogen and oxygen atoms in total. The van der Waals surface area contributed by atoms with E-state index in [1.807, 2.05) is 49.4 Å². The van der Waals surface area contributed by atoms with Gasteiger partial charge in [-0.05, 0) is 52.8 Å². The number of carboxylic acids is 1. The SMILES string of the molecule is CC(C)c1ccccc1Nc1nc2ccc(CC(=O)N(C)c3ccc(C(C)CC(=O)O)cn3)cc2o1. The molecule has 0 aliphatic rings. The number of hydrogen-bond donors (Lipinski definition) is 2. The molecule has 2 aromatic heterocycles. The Labute approximate surface area is 210 Å². The summed E-state index contributed by atoms with van der Waals surface area (Å²) in [5.41, 5.74) is 5.05. The highest BCUT2D eigenvalue weighted by Gasteiger charge is 2.16. The number of pyridine rings is 1. The molecule has 0 bridgehead atoms. The Morgan fingerprint density at radius 2 is 1.86 bits per heavy atom. The van der Waals surface area contributed by atoms with E-state index in [0.29, 0.717) is 28.9 Å². The van der Waals surface area contributed by atoms with Crippen LogP contribution >= 0.6 is 0 Å². The highest BCUT2D eigenvalue weighted by molar-refractivity contribution is 5.93. The van der Waals surface area contributed by atoms with Gasteiger partial charge in [-0.3, -0.25) is 14.5 Å². The number of para-hydroxylation sites is 1. The highest BCUT2D eigenvalue weighted by atomic mass is 16.4. The number of likely N-dealkylation sites (N-methyl/N-ethyl adjacent to an activating group) is 1. The third kappa shape index (κ3) is 5.71. The van der Waals surface area contributed by atoms with Crippen molar-refractivity contribution in [3.8, 4) is 0 Å². The molecule has 0 saturated heterocycles. The van der Waals surface area contributed by atoms with Crippen molar-refractivity contribution >= 4 is 40.5 Å². The van der Waals surface area contributed by atoms with Crippen LogP contribution in [0.5, 0.6) is 0 Å². The predicted molar refractivity (Wildman–Crippen MR) is 140 cm³/mol. The summed E-state index contributed by atoms with van der Waals surface area (Å²) in [5.74, 6) is -0.284. The van der Waals surface area contributed by atoms with Crippen molar-refractivity contribution in [2.75, 3.05) is 17.3 Å². The van der Waals surface area contributed by atoms with E-state index in [0.717, 1.165) is 16.8 Å². The molecule has 1 unspecified atom stereocenters. The third-order valence-electron chi connectivity index (χ3n) is 6.17. The van der Waals surface area contributed by atoms with Gasteiger partial charge in [0.1, 0.15) is 11.3 Å². The van der Waals surface area contributed by atoms with Gasteiger partial charge in [0.2, 0.25) is 5.91 Å². The molecule has 0 spiro atoms. The summed E-state index contributed by atoms with van der Waals surface area (Å²) in [6, 6.07) is 17.5. The number of rotatable bonds is 9. The second-order valence-corrected chi connectivity index (χ2v) is 9.27. The Bertz CT molecular complexity index is 1380. The lowest BCUT2D eigenvalue weighted by Gasteiger charge is -2.17. The smallest absolute Gasteiger partial charge is 0.303 e. The minimum absolute atomic E-state index is 0.0291. The van der Waals surface area contributed by atoms with Gasteiger partial charge in [-0.1, -0.05) is 51.1 Å². The number of nitrogens with zero attached hydrogens (tertiary/aromatic N) is 3. The summed E-state index contributed by atoms with van der Waals surface area (Å²) >= 11 is 0. The number of anilines is 3. The number of aromatic nitrogens is 2. The molecule has 4 rings (SSSR count). The van der Waals surface area contributed by atoms with Gasteiger partial charge in [-0.2, -0.15) is 4.98 Å². The third-order valence-corrected chi connectivity index (χ3v) is 6.17. The first-order chi connectivity index (χ1) is 17.2. The van der Waals surface area contributed by atoms with Gasteiger partial charge < -0.3 is 14.8 Å². The zero-order chi connectivity index (χ0) is 25.8. The number of amides is 1. The molecule has 2 N–H and O–H groups in total. The Morgan fingerprint density at radius 1 is 1.08 bits per heavy atom. The molecule has 2 heterocycles. The van der Waals surface area contributed by atoms with Gasteiger partial charge in [0.25, 0.3) is 6.01 Å². The molecule has 1 amide bonds. The summed E-state index contributed by atoms with van der Waals surface area (Å²) < 4.78 is 5.94. The number of hydrogen-bond acceptors (Lipinski definition) is 6. The molecular formula is C28H30N4O4. The molecule has 36 heavy (non-hydrogen) atoms. The molecule has 0 radical (unpaired) electrons. The predicted octanol–water partition coefficient (Wildman–Crippen LogP) is 5.87. The largest absolute Gasteiger partial charge is 0.481 e. The molecule has 0 aliphatic carbocycles. The lowest BCUT2D eigenvalue weighted by atomic mass is 10.00. The Morgan fingerprint density at radius 3 is 2.56 bits per heavy atom. The quantitative estimate of drug-likeness (QED) is 0.304. The van der Waals surface area contributed by atoms with Gasteiger partial charge in [-0.25, -0.2) is 4.98 Å². The van der Waals surface area contributed by atoms with Crippen LogP contribution in [0.1, 0.15) is 55.7 Å². The van der Waals surface area contributed by atoms with Gasteiger partial charge >= 0.3 is 5.97 Å². The van der Waals surface area contributed by atoms with Crippen molar-refractivity contribution in [3.05, 3.63) is 77.5 Å². The van der Waals surface area contributed by atoms with E-state index in [4.69, 9.17) is 9.52 Å². The van der Waals surface area contributed by atoms with Crippen molar-refractivity contribution in [3.63, 3.8) is 0 Å². The van der Waals surface area contributed by atoms with Gasteiger partial charge in [-0.15, -0.1) is 0 Å². The second-order valence-electron chi connectivity index (χ2n) is 9.27. The lowest BCUT2D eigenvalue weighted by Crippen LogP contribution is -2.28. The molecule has 4 aromatic rings. The van der Waals surface area contributed by atoms with Crippen molar-refractivity contribution < 1.29 is 19.1 Å². The highest BCUT2D eigenvalue weighted by Crippen LogP contribution is 2.29. The maximum absolute atomic E-state index is 12.9. The van der Waals surface area contributed by atoms with E-state index in [1.54, 1.807) is 19.3 Å². The number of fused-ring (bicyclic) bond motifs is 1.